The van der Waals surface area contributed by atoms with E-state index in [0.717, 1.165) is 5.56 Å². The van der Waals surface area contributed by atoms with Gasteiger partial charge in [0.25, 0.3) is 11.4 Å². The van der Waals surface area contributed by atoms with Crippen molar-refractivity contribution < 1.29 is 8.81 Å². The summed E-state index contributed by atoms with van der Waals surface area (Å²) >= 11 is 0. The minimum Gasteiger partial charge on any atom is -0.421 e. The highest BCUT2D eigenvalue weighted by molar-refractivity contribution is 5.78. The number of nitrogens with two attached hydrogens (primary N) is 1. The van der Waals surface area contributed by atoms with E-state index in [1.165, 1.54) is 39.7 Å². The quantitative estimate of drug-likeness (QED) is 0.404. The van der Waals surface area contributed by atoms with Crippen molar-refractivity contribution in [3.8, 4) is 17.1 Å². The SMILES string of the molecule is Cc1nnc(-c2c(N)ncnc2NC(C)c2nn3ccc(C)c3c(=O)n2-c2ccc(F)cc2)o1. The van der Waals surface area contributed by atoms with Crippen molar-refractivity contribution in [1.29, 1.82) is 0 Å². The van der Waals surface area contributed by atoms with Crippen LogP contribution in [0.3, 0.4) is 0 Å². The van der Waals surface area contributed by atoms with Crippen molar-refractivity contribution in [2.75, 3.05) is 11.1 Å². The number of halogens is 1. The second-order valence-corrected chi connectivity index (χ2v) is 7.74. The number of anilines is 2. The maximum Gasteiger partial charge on any atom is 0.282 e. The summed E-state index contributed by atoms with van der Waals surface area (Å²) in [6, 6.07) is 6.89. The third-order valence-corrected chi connectivity index (χ3v) is 5.36. The Hall–Kier alpha value is -4.61. The lowest BCUT2D eigenvalue weighted by molar-refractivity contribution is 0.532. The van der Waals surface area contributed by atoms with Gasteiger partial charge < -0.3 is 15.5 Å². The molecule has 0 aliphatic rings. The van der Waals surface area contributed by atoms with Gasteiger partial charge in [0, 0.05) is 13.1 Å². The van der Waals surface area contributed by atoms with Crippen molar-refractivity contribution in [3.63, 3.8) is 0 Å². The second-order valence-electron chi connectivity index (χ2n) is 7.74. The van der Waals surface area contributed by atoms with Crippen LogP contribution >= 0.6 is 0 Å². The number of rotatable bonds is 5. The molecule has 0 spiro atoms. The summed E-state index contributed by atoms with van der Waals surface area (Å²) < 4.78 is 22.1. The summed E-state index contributed by atoms with van der Waals surface area (Å²) in [4.78, 5) is 21.8. The zero-order valence-corrected chi connectivity index (χ0v) is 18.5. The predicted molar refractivity (Wildman–Crippen MR) is 122 cm³/mol. The fraction of sp³-hybridized carbons (Fsp3) is 0.182. The van der Waals surface area contributed by atoms with Crippen LogP contribution in [0.5, 0.6) is 0 Å². The van der Waals surface area contributed by atoms with Crippen molar-refractivity contribution in [1.82, 2.24) is 34.3 Å². The minimum atomic E-state index is -0.554. The van der Waals surface area contributed by atoms with E-state index in [-0.39, 0.29) is 17.3 Å². The molecule has 0 aliphatic heterocycles. The Balaban J connectivity index is 1.66. The number of aryl methyl sites for hydroxylation is 2. The number of benzene rings is 1. The first-order valence-corrected chi connectivity index (χ1v) is 10.4. The lowest BCUT2D eigenvalue weighted by atomic mass is 10.2. The number of nitrogens with one attached hydrogen (secondary N) is 1. The molecule has 172 valence electrons. The molecule has 0 saturated carbocycles. The van der Waals surface area contributed by atoms with Gasteiger partial charge in [-0.3, -0.25) is 9.36 Å². The molecule has 0 aliphatic carbocycles. The third-order valence-electron chi connectivity index (χ3n) is 5.36. The first-order chi connectivity index (χ1) is 16.3. The Morgan fingerprint density at radius 2 is 1.88 bits per heavy atom. The molecule has 12 heteroatoms. The van der Waals surface area contributed by atoms with E-state index in [2.05, 4.69) is 30.6 Å². The minimum absolute atomic E-state index is 0.147. The van der Waals surface area contributed by atoms with Crippen LogP contribution in [-0.2, 0) is 0 Å². The van der Waals surface area contributed by atoms with Crippen molar-refractivity contribution >= 4 is 17.2 Å². The molecular weight excluding hydrogens is 441 g/mol. The highest BCUT2D eigenvalue weighted by Gasteiger charge is 2.23. The topological polar surface area (TPSA) is 142 Å². The molecule has 5 rings (SSSR count). The smallest absolute Gasteiger partial charge is 0.282 e. The van der Waals surface area contributed by atoms with Gasteiger partial charge in [-0.25, -0.2) is 18.9 Å². The zero-order chi connectivity index (χ0) is 24.0. The Morgan fingerprint density at radius 3 is 2.59 bits per heavy atom. The van der Waals surface area contributed by atoms with Gasteiger partial charge in [-0.2, -0.15) is 5.10 Å². The van der Waals surface area contributed by atoms with Crippen LogP contribution < -0.4 is 16.6 Å². The molecule has 1 atom stereocenters. The Morgan fingerprint density at radius 1 is 1.12 bits per heavy atom. The molecule has 5 aromatic rings. The summed E-state index contributed by atoms with van der Waals surface area (Å²) in [7, 11) is 0. The van der Waals surface area contributed by atoms with Crippen LogP contribution in [0.1, 0.15) is 30.2 Å². The predicted octanol–water partition coefficient (Wildman–Crippen LogP) is 2.84. The molecule has 4 heterocycles. The van der Waals surface area contributed by atoms with Crippen molar-refractivity contribution in [2.24, 2.45) is 0 Å². The molecule has 0 saturated heterocycles. The normalized spacial score (nSPS) is 12.2. The molecule has 34 heavy (non-hydrogen) atoms. The summed E-state index contributed by atoms with van der Waals surface area (Å²) in [5.74, 6) is 0.946. The van der Waals surface area contributed by atoms with Crippen LogP contribution in [0, 0.1) is 19.7 Å². The largest absolute Gasteiger partial charge is 0.421 e. The van der Waals surface area contributed by atoms with Crippen LogP contribution in [0.2, 0.25) is 0 Å². The van der Waals surface area contributed by atoms with Crippen LogP contribution in [0.4, 0.5) is 16.0 Å². The number of aromatic nitrogens is 7. The van der Waals surface area contributed by atoms with E-state index in [1.54, 1.807) is 13.1 Å². The highest BCUT2D eigenvalue weighted by atomic mass is 19.1. The number of fused-ring (bicyclic) bond motifs is 1. The molecule has 0 radical (unpaired) electrons. The van der Waals surface area contributed by atoms with Gasteiger partial charge in [0.2, 0.25) is 5.89 Å². The van der Waals surface area contributed by atoms with Crippen LogP contribution in [0.25, 0.3) is 22.7 Å². The summed E-state index contributed by atoms with van der Waals surface area (Å²) in [6.45, 7) is 5.30. The van der Waals surface area contributed by atoms with Gasteiger partial charge in [-0.1, -0.05) is 0 Å². The Bertz CT molecular complexity index is 1570. The third kappa shape index (κ3) is 3.54. The summed E-state index contributed by atoms with van der Waals surface area (Å²) in [5, 5.41) is 15.8. The zero-order valence-electron chi connectivity index (χ0n) is 18.5. The monoisotopic (exact) mass is 461 g/mol. The lowest BCUT2D eigenvalue weighted by Crippen LogP contribution is -2.29. The lowest BCUT2D eigenvalue weighted by Gasteiger charge is -2.20. The van der Waals surface area contributed by atoms with E-state index in [0.29, 0.717) is 34.3 Å². The summed E-state index contributed by atoms with van der Waals surface area (Å²) in [6.07, 6.45) is 3.02. The van der Waals surface area contributed by atoms with Gasteiger partial charge in [-0.15, -0.1) is 10.2 Å². The van der Waals surface area contributed by atoms with Gasteiger partial charge in [0.15, 0.2) is 5.82 Å². The first-order valence-electron chi connectivity index (χ1n) is 10.4. The van der Waals surface area contributed by atoms with Gasteiger partial charge in [-0.05, 0) is 49.7 Å². The molecule has 1 unspecified atom stereocenters. The van der Waals surface area contributed by atoms with E-state index in [9.17, 15) is 9.18 Å². The van der Waals surface area contributed by atoms with Gasteiger partial charge in [0.1, 0.15) is 34.9 Å². The summed E-state index contributed by atoms with van der Waals surface area (Å²) in [5.41, 5.74) is 7.80. The van der Waals surface area contributed by atoms with Crippen molar-refractivity contribution in [2.45, 2.75) is 26.8 Å². The fourth-order valence-electron chi connectivity index (χ4n) is 3.74. The molecule has 4 aromatic heterocycles. The van der Waals surface area contributed by atoms with E-state index < -0.39 is 11.9 Å². The van der Waals surface area contributed by atoms with Gasteiger partial charge in [0.05, 0.1) is 11.7 Å². The number of hydrogen-bond acceptors (Lipinski definition) is 9. The van der Waals surface area contributed by atoms with Crippen LogP contribution in [-0.4, -0.2) is 34.3 Å². The number of nitrogens with zero attached hydrogens (tertiary/aromatic N) is 7. The average molecular weight is 461 g/mol. The maximum atomic E-state index is 13.6. The number of hydrogen-bond donors (Lipinski definition) is 2. The Kier molecular flexibility index (Phi) is 5.04. The molecular formula is C22H20FN9O2. The molecule has 11 nitrogen and oxygen atoms in total. The molecule has 3 N–H and O–H groups in total. The maximum absolute atomic E-state index is 13.6. The highest BCUT2D eigenvalue weighted by Crippen LogP contribution is 2.31. The molecule has 0 bridgehead atoms. The van der Waals surface area contributed by atoms with E-state index in [1.807, 2.05) is 19.9 Å². The second kappa shape index (κ2) is 8.06. The average Bonchev–Trinajstić information content (AvgIpc) is 3.40. The van der Waals surface area contributed by atoms with Crippen molar-refractivity contribution in [3.05, 3.63) is 76.3 Å². The van der Waals surface area contributed by atoms with Gasteiger partial charge >= 0.3 is 0 Å². The van der Waals surface area contributed by atoms with E-state index in [4.69, 9.17) is 10.2 Å². The number of nitrogen functional groups attached to an aromatic ring is 1. The van der Waals surface area contributed by atoms with E-state index >= 15 is 0 Å². The van der Waals surface area contributed by atoms with Crippen LogP contribution in [0.15, 0.2) is 52.1 Å². The standard InChI is InChI=1S/C22H20FN9O2/c1-11-8-9-31-17(11)22(33)32(15-6-4-14(23)5-7-15)20(30-31)12(2)27-19-16(18(24)25-10-26-19)21-29-28-13(3)34-21/h4-10,12H,1-3H3,(H3,24,25,26,27). The Labute approximate surface area is 192 Å². The fourth-order valence-corrected chi connectivity index (χ4v) is 3.74. The molecule has 0 fully saturated rings. The first kappa shape index (κ1) is 21.2. The molecule has 1 aromatic carbocycles. The molecule has 0 amide bonds.